The van der Waals surface area contributed by atoms with Crippen LogP contribution in [-0.4, -0.2) is 36.3 Å². The van der Waals surface area contributed by atoms with Crippen LogP contribution in [-0.2, 0) is 10.5 Å². The van der Waals surface area contributed by atoms with Crippen molar-refractivity contribution in [1.82, 2.24) is 5.32 Å². The molecule has 3 N–H and O–H groups in total. The summed E-state index contributed by atoms with van der Waals surface area (Å²) < 4.78 is 4.98. The van der Waals surface area contributed by atoms with E-state index >= 15 is 0 Å². The summed E-state index contributed by atoms with van der Waals surface area (Å²) in [6.45, 7) is 2.33. The van der Waals surface area contributed by atoms with E-state index in [0.29, 0.717) is 23.7 Å². The fourth-order valence-corrected chi connectivity index (χ4v) is 3.21. The van der Waals surface area contributed by atoms with E-state index in [9.17, 15) is 19.7 Å². The molecule has 0 bridgehead atoms. The van der Waals surface area contributed by atoms with Crippen LogP contribution in [0.5, 0.6) is 5.75 Å². The predicted octanol–water partition coefficient (Wildman–Crippen LogP) is 3.62. The topological polar surface area (TPSA) is 123 Å². The van der Waals surface area contributed by atoms with Gasteiger partial charge < -0.3 is 20.7 Å². The second kappa shape index (κ2) is 10.9. The van der Waals surface area contributed by atoms with E-state index in [1.165, 1.54) is 24.9 Å². The highest BCUT2D eigenvalue weighted by molar-refractivity contribution is 7.99. The monoisotopic (exact) mass is 418 g/mol. The number of rotatable bonds is 9. The number of nitro benzene ring substituents is 1. The first-order valence-electron chi connectivity index (χ1n) is 8.76. The van der Waals surface area contributed by atoms with E-state index in [4.69, 9.17) is 4.74 Å². The fourth-order valence-electron chi connectivity index (χ4n) is 2.44. The van der Waals surface area contributed by atoms with Crippen LogP contribution in [0.2, 0.25) is 0 Å². The first kappa shape index (κ1) is 22.0. The lowest BCUT2D eigenvalue weighted by Crippen LogP contribution is -2.28. The molecule has 0 aliphatic carbocycles. The van der Waals surface area contributed by atoms with Crippen LogP contribution >= 0.6 is 11.8 Å². The maximum absolute atomic E-state index is 12.2. The molecule has 0 saturated heterocycles. The number of carbonyl (C=O) groups is 2. The van der Waals surface area contributed by atoms with Gasteiger partial charge in [0, 0.05) is 29.7 Å². The zero-order valence-corrected chi connectivity index (χ0v) is 16.9. The Bertz CT molecular complexity index is 891. The van der Waals surface area contributed by atoms with E-state index in [1.807, 2.05) is 6.92 Å². The summed E-state index contributed by atoms with van der Waals surface area (Å²) in [5.41, 5.74) is 1.74. The molecule has 2 aromatic rings. The Balaban J connectivity index is 1.87. The van der Waals surface area contributed by atoms with Crippen molar-refractivity contribution in [2.75, 3.05) is 30.0 Å². The van der Waals surface area contributed by atoms with Crippen molar-refractivity contribution in [1.29, 1.82) is 0 Å². The number of carbonyl (C=O) groups excluding carboxylic acids is 2. The van der Waals surface area contributed by atoms with Crippen molar-refractivity contribution in [3.63, 3.8) is 0 Å². The maximum Gasteiger partial charge on any atom is 0.319 e. The molecule has 0 fully saturated rings. The molecule has 9 nitrogen and oxygen atoms in total. The van der Waals surface area contributed by atoms with Crippen molar-refractivity contribution in [2.24, 2.45) is 0 Å². The van der Waals surface area contributed by atoms with E-state index in [1.54, 1.807) is 36.4 Å². The summed E-state index contributed by atoms with van der Waals surface area (Å²) in [5.74, 6) is 0.598. The lowest BCUT2D eigenvalue weighted by molar-refractivity contribution is -0.385. The Morgan fingerprint density at radius 1 is 1.14 bits per heavy atom. The Hall–Kier alpha value is -3.27. The Morgan fingerprint density at radius 3 is 2.52 bits per heavy atom. The number of anilines is 2. The van der Waals surface area contributed by atoms with Crippen LogP contribution in [0, 0.1) is 10.1 Å². The third kappa shape index (κ3) is 7.00. The van der Waals surface area contributed by atoms with E-state index in [0.717, 1.165) is 5.56 Å². The van der Waals surface area contributed by atoms with Crippen LogP contribution in [0.4, 0.5) is 21.9 Å². The Morgan fingerprint density at radius 2 is 1.86 bits per heavy atom. The molecule has 2 rings (SSSR count). The fraction of sp³-hybridized carbons (Fsp3) is 0.263. The van der Waals surface area contributed by atoms with Gasteiger partial charge in [-0.15, -0.1) is 11.8 Å². The molecular weight excluding hydrogens is 396 g/mol. The number of methoxy groups -OCH3 is 1. The third-order valence-electron chi connectivity index (χ3n) is 3.68. The maximum atomic E-state index is 12.2. The lowest BCUT2D eigenvalue weighted by Gasteiger charge is -2.09. The summed E-state index contributed by atoms with van der Waals surface area (Å²) in [4.78, 5) is 34.3. The van der Waals surface area contributed by atoms with Crippen LogP contribution in [0.3, 0.4) is 0 Å². The lowest BCUT2D eigenvalue weighted by atomic mass is 10.2. The standard InChI is InChI=1S/C19H22N4O5S/c1-3-20-19(25)22-15-6-4-5-14(10-15)21-18(24)12-29-11-13-7-8-17(28-2)16(9-13)23(26)27/h4-10H,3,11-12H2,1-2H3,(H,21,24)(H2,20,22,25). The van der Waals surface area contributed by atoms with Gasteiger partial charge in [-0.2, -0.15) is 0 Å². The number of nitrogens with one attached hydrogen (secondary N) is 3. The largest absolute Gasteiger partial charge is 0.490 e. The molecule has 0 saturated carbocycles. The number of ether oxygens (including phenoxy) is 1. The Labute approximate surface area is 172 Å². The summed E-state index contributed by atoms with van der Waals surface area (Å²) in [5, 5.41) is 19.1. The van der Waals surface area contributed by atoms with Crippen LogP contribution in [0.1, 0.15) is 12.5 Å². The summed E-state index contributed by atoms with van der Waals surface area (Å²) in [6.07, 6.45) is 0. The highest BCUT2D eigenvalue weighted by atomic mass is 32.2. The molecule has 0 spiro atoms. The molecule has 0 aliphatic rings. The predicted molar refractivity (Wildman–Crippen MR) is 114 cm³/mol. The molecular formula is C19H22N4O5S. The second-order valence-electron chi connectivity index (χ2n) is 5.87. The minimum absolute atomic E-state index is 0.105. The van der Waals surface area contributed by atoms with Gasteiger partial charge in [-0.25, -0.2) is 4.79 Å². The van der Waals surface area contributed by atoms with Gasteiger partial charge in [-0.05, 0) is 36.8 Å². The molecule has 154 valence electrons. The van der Waals surface area contributed by atoms with Crippen LogP contribution in [0.25, 0.3) is 0 Å². The van der Waals surface area contributed by atoms with Crippen LogP contribution < -0.4 is 20.7 Å². The zero-order valence-electron chi connectivity index (χ0n) is 16.1. The van der Waals surface area contributed by atoms with Gasteiger partial charge in [0.1, 0.15) is 0 Å². The van der Waals surface area contributed by atoms with Gasteiger partial charge in [0.15, 0.2) is 5.75 Å². The summed E-state index contributed by atoms with van der Waals surface area (Å²) in [6, 6.07) is 11.2. The molecule has 3 amide bonds. The van der Waals surface area contributed by atoms with Gasteiger partial charge in [0.25, 0.3) is 0 Å². The third-order valence-corrected chi connectivity index (χ3v) is 4.69. The minimum atomic E-state index is -0.499. The molecule has 0 aliphatic heterocycles. The number of hydrogen-bond donors (Lipinski definition) is 3. The molecule has 0 atom stereocenters. The van der Waals surface area contributed by atoms with Crippen molar-refractivity contribution in [3.8, 4) is 5.75 Å². The van der Waals surface area contributed by atoms with E-state index < -0.39 is 4.92 Å². The van der Waals surface area contributed by atoms with Gasteiger partial charge in [-0.1, -0.05) is 12.1 Å². The van der Waals surface area contributed by atoms with Crippen molar-refractivity contribution < 1.29 is 19.2 Å². The average molecular weight is 418 g/mol. The number of amides is 3. The number of nitrogens with zero attached hydrogens (tertiary/aromatic N) is 1. The van der Waals surface area contributed by atoms with E-state index in [-0.39, 0.29) is 29.1 Å². The van der Waals surface area contributed by atoms with Gasteiger partial charge in [-0.3, -0.25) is 14.9 Å². The molecule has 29 heavy (non-hydrogen) atoms. The minimum Gasteiger partial charge on any atom is -0.490 e. The van der Waals surface area contributed by atoms with Gasteiger partial charge >= 0.3 is 11.7 Å². The molecule has 0 unspecified atom stereocenters. The second-order valence-corrected chi connectivity index (χ2v) is 6.86. The quantitative estimate of drug-likeness (QED) is 0.422. The van der Waals surface area contributed by atoms with Gasteiger partial charge in [0.2, 0.25) is 5.91 Å². The molecule has 2 aromatic carbocycles. The van der Waals surface area contributed by atoms with Crippen LogP contribution in [0.15, 0.2) is 42.5 Å². The number of hydrogen-bond acceptors (Lipinski definition) is 6. The zero-order chi connectivity index (χ0) is 21.2. The SMILES string of the molecule is CCNC(=O)Nc1cccc(NC(=O)CSCc2ccc(OC)c([N+](=O)[O-])c2)c1. The molecule has 0 heterocycles. The highest BCUT2D eigenvalue weighted by Crippen LogP contribution is 2.29. The first-order chi connectivity index (χ1) is 13.9. The molecule has 10 heteroatoms. The highest BCUT2D eigenvalue weighted by Gasteiger charge is 2.15. The van der Waals surface area contributed by atoms with Crippen molar-refractivity contribution >= 4 is 40.8 Å². The number of urea groups is 1. The smallest absolute Gasteiger partial charge is 0.319 e. The van der Waals surface area contributed by atoms with E-state index in [2.05, 4.69) is 16.0 Å². The summed E-state index contributed by atoms with van der Waals surface area (Å²) >= 11 is 1.33. The summed E-state index contributed by atoms with van der Waals surface area (Å²) in [7, 11) is 1.38. The van der Waals surface area contributed by atoms with Crippen molar-refractivity contribution in [3.05, 3.63) is 58.1 Å². The normalized spacial score (nSPS) is 10.1. The van der Waals surface area contributed by atoms with Gasteiger partial charge in [0.05, 0.1) is 17.8 Å². The average Bonchev–Trinajstić information content (AvgIpc) is 2.68. The molecule has 0 radical (unpaired) electrons. The molecule has 0 aromatic heterocycles. The number of benzene rings is 2. The Kier molecular flexibility index (Phi) is 8.28. The first-order valence-corrected chi connectivity index (χ1v) is 9.92. The van der Waals surface area contributed by atoms with Crippen molar-refractivity contribution in [2.45, 2.75) is 12.7 Å². The number of nitro groups is 1. The number of thioether (sulfide) groups is 1.